The van der Waals surface area contributed by atoms with Gasteiger partial charge in [-0.2, -0.15) is 0 Å². The van der Waals surface area contributed by atoms with Crippen LogP contribution in [0.15, 0.2) is 34.9 Å². The third-order valence-electron chi connectivity index (χ3n) is 4.63. The van der Waals surface area contributed by atoms with Crippen molar-refractivity contribution < 1.29 is 4.42 Å². The second-order valence-electron chi connectivity index (χ2n) is 6.54. The molecule has 0 unspecified atom stereocenters. The molecule has 0 atom stereocenters. The van der Waals surface area contributed by atoms with Crippen molar-refractivity contribution in [3.63, 3.8) is 0 Å². The van der Waals surface area contributed by atoms with Crippen molar-refractivity contribution in [2.24, 2.45) is 5.92 Å². The monoisotopic (exact) mass is 349 g/mol. The van der Waals surface area contributed by atoms with Gasteiger partial charge in [0, 0.05) is 12.1 Å². The van der Waals surface area contributed by atoms with Gasteiger partial charge < -0.3 is 9.73 Å². The van der Waals surface area contributed by atoms with Gasteiger partial charge in [0.15, 0.2) is 0 Å². The number of aromatic nitrogens is 1. The van der Waals surface area contributed by atoms with E-state index in [1.165, 1.54) is 18.4 Å². The van der Waals surface area contributed by atoms with Crippen LogP contribution in [0.1, 0.15) is 31.0 Å². The van der Waals surface area contributed by atoms with Crippen LogP contribution < -0.4 is 5.32 Å². The molecule has 0 radical (unpaired) electrons. The molecule has 0 aliphatic carbocycles. The summed E-state index contributed by atoms with van der Waals surface area (Å²) in [5, 5.41) is 3.46. The number of likely N-dealkylation sites (tertiary alicyclic amines) is 1. The fourth-order valence-corrected chi connectivity index (χ4v) is 3.13. The number of nitrogens with zero attached hydrogens (tertiary/aromatic N) is 2. The molecule has 1 saturated heterocycles. The summed E-state index contributed by atoms with van der Waals surface area (Å²) in [4.78, 5) is 7.14. The zero-order chi connectivity index (χ0) is 16.1. The molecule has 132 valence electrons. The number of aryl methyl sites for hydroxylation is 1. The quantitative estimate of drug-likeness (QED) is 0.858. The maximum Gasteiger partial charge on any atom is 0.226 e. The van der Waals surface area contributed by atoms with Gasteiger partial charge in [0.25, 0.3) is 0 Å². The Morgan fingerprint density at radius 2 is 1.92 bits per heavy atom. The molecule has 0 bridgehead atoms. The molecule has 1 aromatic heterocycles. The van der Waals surface area contributed by atoms with Crippen molar-refractivity contribution in [2.45, 2.75) is 33.2 Å². The van der Waals surface area contributed by atoms with Crippen molar-refractivity contribution in [1.29, 1.82) is 0 Å². The Kier molecular flexibility index (Phi) is 7.28. The van der Waals surface area contributed by atoms with E-state index in [-0.39, 0.29) is 12.4 Å². The van der Waals surface area contributed by atoms with Crippen molar-refractivity contribution in [3.05, 3.63) is 41.8 Å². The Morgan fingerprint density at radius 3 is 2.58 bits per heavy atom. The van der Waals surface area contributed by atoms with E-state index in [2.05, 4.69) is 53.3 Å². The topological polar surface area (TPSA) is 41.3 Å². The lowest BCUT2D eigenvalue weighted by molar-refractivity contribution is 0.174. The summed E-state index contributed by atoms with van der Waals surface area (Å²) in [5.41, 5.74) is 3.33. The second-order valence-corrected chi connectivity index (χ2v) is 6.54. The van der Waals surface area contributed by atoms with Crippen LogP contribution in [0.3, 0.4) is 0 Å². The SMILES string of the molecule is CCNCC1CCN(Cc2coc(-c3ccc(C)cc3)n2)CC1.Cl. The first-order valence-electron chi connectivity index (χ1n) is 8.69. The molecule has 0 amide bonds. The van der Waals surface area contributed by atoms with Gasteiger partial charge in [-0.1, -0.05) is 24.6 Å². The summed E-state index contributed by atoms with van der Waals surface area (Å²) >= 11 is 0. The Labute approximate surface area is 151 Å². The fourth-order valence-electron chi connectivity index (χ4n) is 3.13. The normalized spacial score (nSPS) is 16.1. The molecule has 0 spiro atoms. The van der Waals surface area contributed by atoms with E-state index >= 15 is 0 Å². The van der Waals surface area contributed by atoms with Crippen molar-refractivity contribution in [3.8, 4) is 11.5 Å². The molecule has 1 N–H and O–H groups in total. The van der Waals surface area contributed by atoms with Crippen LogP contribution in [0.25, 0.3) is 11.5 Å². The maximum absolute atomic E-state index is 5.66. The van der Waals surface area contributed by atoms with E-state index in [0.717, 1.165) is 55.8 Å². The zero-order valence-corrected chi connectivity index (χ0v) is 15.4. The molecule has 1 aliphatic rings. The maximum atomic E-state index is 5.66. The highest BCUT2D eigenvalue weighted by atomic mass is 35.5. The first kappa shape index (κ1) is 19.0. The molecular weight excluding hydrogens is 322 g/mol. The largest absolute Gasteiger partial charge is 0.444 e. The van der Waals surface area contributed by atoms with Crippen LogP contribution in [0, 0.1) is 12.8 Å². The third-order valence-corrected chi connectivity index (χ3v) is 4.63. The zero-order valence-electron chi connectivity index (χ0n) is 14.6. The van der Waals surface area contributed by atoms with E-state index in [4.69, 9.17) is 4.42 Å². The highest BCUT2D eigenvalue weighted by Crippen LogP contribution is 2.22. The average molecular weight is 350 g/mol. The summed E-state index contributed by atoms with van der Waals surface area (Å²) < 4.78 is 5.66. The molecule has 2 aromatic rings. The van der Waals surface area contributed by atoms with Crippen LogP contribution in [0.5, 0.6) is 0 Å². The lowest BCUT2D eigenvalue weighted by Crippen LogP contribution is -2.36. The molecule has 3 rings (SSSR count). The smallest absolute Gasteiger partial charge is 0.226 e. The molecule has 0 saturated carbocycles. The number of hydrogen-bond donors (Lipinski definition) is 1. The number of rotatable bonds is 6. The Hall–Kier alpha value is -1.36. The third kappa shape index (κ3) is 5.07. The summed E-state index contributed by atoms with van der Waals surface area (Å²) in [6.07, 6.45) is 4.35. The van der Waals surface area contributed by atoms with Crippen LogP contribution >= 0.6 is 12.4 Å². The van der Waals surface area contributed by atoms with Gasteiger partial charge in [0.05, 0.1) is 5.69 Å². The highest BCUT2D eigenvalue weighted by molar-refractivity contribution is 5.85. The molecule has 1 fully saturated rings. The standard InChI is InChI=1S/C19H27N3O.ClH/c1-3-20-12-16-8-10-22(11-9-16)13-18-14-23-19(21-18)17-6-4-15(2)5-7-17;/h4-7,14,16,20H,3,8-13H2,1-2H3;1H. The summed E-state index contributed by atoms with van der Waals surface area (Å²) in [6, 6.07) is 8.32. The van der Waals surface area contributed by atoms with E-state index in [1.54, 1.807) is 6.26 Å². The number of halogens is 1. The van der Waals surface area contributed by atoms with Crippen LogP contribution in [0.4, 0.5) is 0 Å². The van der Waals surface area contributed by atoms with E-state index in [9.17, 15) is 0 Å². The minimum Gasteiger partial charge on any atom is -0.444 e. The number of piperidine rings is 1. The van der Waals surface area contributed by atoms with E-state index in [1.807, 2.05) is 0 Å². The van der Waals surface area contributed by atoms with Gasteiger partial charge in [-0.05, 0) is 64.0 Å². The molecular formula is C19H28ClN3O. The van der Waals surface area contributed by atoms with Gasteiger partial charge in [-0.3, -0.25) is 4.90 Å². The molecule has 4 nitrogen and oxygen atoms in total. The van der Waals surface area contributed by atoms with Crippen LogP contribution in [-0.2, 0) is 6.54 Å². The number of nitrogens with one attached hydrogen (secondary N) is 1. The first-order chi connectivity index (χ1) is 11.2. The Balaban J connectivity index is 0.00000208. The lowest BCUT2D eigenvalue weighted by atomic mass is 9.97. The van der Waals surface area contributed by atoms with Crippen molar-refractivity contribution >= 4 is 12.4 Å². The van der Waals surface area contributed by atoms with Crippen LogP contribution in [0.2, 0.25) is 0 Å². The second kappa shape index (κ2) is 9.21. The predicted molar refractivity (Wildman–Crippen MR) is 100 cm³/mol. The average Bonchev–Trinajstić information content (AvgIpc) is 3.03. The van der Waals surface area contributed by atoms with Crippen molar-refractivity contribution in [1.82, 2.24) is 15.2 Å². The summed E-state index contributed by atoms with van der Waals surface area (Å²) in [6.45, 7) is 9.69. The number of benzene rings is 1. The molecule has 1 aliphatic heterocycles. The fraction of sp³-hybridized carbons (Fsp3) is 0.526. The van der Waals surface area contributed by atoms with Gasteiger partial charge in [-0.15, -0.1) is 12.4 Å². The number of oxazole rings is 1. The highest BCUT2D eigenvalue weighted by Gasteiger charge is 2.19. The Bertz CT molecular complexity index is 603. The molecule has 5 heteroatoms. The van der Waals surface area contributed by atoms with Crippen LogP contribution in [-0.4, -0.2) is 36.1 Å². The minimum absolute atomic E-state index is 0. The predicted octanol–water partition coefficient (Wildman–Crippen LogP) is 3.89. The molecule has 24 heavy (non-hydrogen) atoms. The van der Waals surface area contributed by atoms with Gasteiger partial charge in [0.1, 0.15) is 6.26 Å². The minimum atomic E-state index is 0. The lowest BCUT2D eigenvalue weighted by Gasteiger charge is -2.31. The first-order valence-corrected chi connectivity index (χ1v) is 8.69. The van der Waals surface area contributed by atoms with E-state index < -0.39 is 0 Å². The molecule has 1 aromatic carbocycles. The Morgan fingerprint density at radius 1 is 1.21 bits per heavy atom. The summed E-state index contributed by atoms with van der Waals surface area (Å²) in [5.74, 6) is 1.55. The van der Waals surface area contributed by atoms with Gasteiger partial charge in [-0.25, -0.2) is 4.98 Å². The van der Waals surface area contributed by atoms with Gasteiger partial charge in [0.2, 0.25) is 5.89 Å². The molecule has 2 heterocycles. The van der Waals surface area contributed by atoms with Crippen molar-refractivity contribution in [2.75, 3.05) is 26.2 Å². The van der Waals surface area contributed by atoms with Gasteiger partial charge >= 0.3 is 0 Å². The number of hydrogen-bond acceptors (Lipinski definition) is 4. The summed E-state index contributed by atoms with van der Waals surface area (Å²) in [7, 11) is 0. The van der Waals surface area contributed by atoms with E-state index in [0.29, 0.717) is 0 Å².